The van der Waals surface area contributed by atoms with Gasteiger partial charge >= 0.3 is 5.97 Å². The number of nitrogens with two attached hydrogens (primary N) is 1. The number of hydrogen-bond donors (Lipinski definition) is 2. The standard InChI is InChI=1S/C20H24N2O4/c1-25-17-9-5-8-15(12-17)10-11-22-20(24)18(21)13-19(23)26-14-16-6-3-2-4-7-16/h2-9,12,18H,10-11,13-14,21H2,1H3,(H,22,24)/t18-/m0/s1. The molecule has 0 saturated heterocycles. The third-order valence-corrected chi connectivity index (χ3v) is 3.81. The van der Waals surface area contributed by atoms with E-state index in [-0.39, 0.29) is 18.9 Å². The maximum Gasteiger partial charge on any atom is 0.308 e. The fourth-order valence-electron chi connectivity index (χ4n) is 2.36. The number of ether oxygens (including phenoxy) is 2. The van der Waals surface area contributed by atoms with Crippen LogP contribution in [0.25, 0.3) is 0 Å². The van der Waals surface area contributed by atoms with E-state index >= 15 is 0 Å². The molecule has 0 radical (unpaired) electrons. The maximum absolute atomic E-state index is 12.0. The first-order valence-electron chi connectivity index (χ1n) is 8.44. The van der Waals surface area contributed by atoms with Gasteiger partial charge in [-0.2, -0.15) is 0 Å². The number of hydrogen-bond acceptors (Lipinski definition) is 5. The second kappa shape index (κ2) is 10.2. The van der Waals surface area contributed by atoms with Gasteiger partial charge in [-0.1, -0.05) is 42.5 Å². The summed E-state index contributed by atoms with van der Waals surface area (Å²) in [6, 6.07) is 16.0. The Morgan fingerprint density at radius 3 is 2.54 bits per heavy atom. The van der Waals surface area contributed by atoms with Crippen molar-refractivity contribution >= 4 is 11.9 Å². The first kappa shape index (κ1) is 19.5. The highest BCUT2D eigenvalue weighted by Crippen LogP contribution is 2.12. The molecule has 2 aromatic carbocycles. The highest BCUT2D eigenvalue weighted by Gasteiger charge is 2.18. The molecule has 0 aliphatic rings. The van der Waals surface area contributed by atoms with Gasteiger partial charge in [0.25, 0.3) is 0 Å². The molecule has 0 unspecified atom stereocenters. The van der Waals surface area contributed by atoms with Gasteiger partial charge in [0.2, 0.25) is 5.91 Å². The average molecular weight is 356 g/mol. The molecule has 0 aliphatic heterocycles. The molecular weight excluding hydrogens is 332 g/mol. The molecule has 3 N–H and O–H groups in total. The summed E-state index contributed by atoms with van der Waals surface area (Å²) in [4.78, 5) is 23.8. The Bertz CT molecular complexity index is 719. The summed E-state index contributed by atoms with van der Waals surface area (Å²) in [5, 5.41) is 2.74. The van der Waals surface area contributed by atoms with E-state index in [1.807, 2.05) is 54.6 Å². The predicted molar refractivity (Wildman–Crippen MR) is 98.5 cm³/mol. The van der Waals surface area contributed by atoms with Crippen LogP contribution < -0.4 is 15.8 Å². The number of nitrogens with one attached hydrogen (secondary N) is 1. The fraction of sp³-hybridized carbons (Fsp3) is 0.300. The third kappa shape index (κ3) is 6.57. The summed E-state index contributed by atoms with van der Waals surface area (Å²) in [7, 11) is 1.61. The zero-order valence-corrected chi connectivity index (χ0v) is 14.8. The Morgan fingerprint density at radius 2 is 1.81 bits per heavy atom. The van der Waals surface area contributed by atoms with Crippen molar-refractivity contribution in [3.8, 4) is 5.75 Å². The quantitative estimate of drug-likeness (QED) is 0.669. The number of rotatable bonds is 9. The zero-order chi connectivity index (χ0) is 18.8. The second-order valence-corrected chi connectivity index (χ2v) is 5.85. The molecule has 2 rings (SSSR count). The number of methoxy groups -OCH3 is 1. The molecule has 0 saturated carbocycles. The van der Waals surface area contributed by atoms with Crippen molar-refractivity contribution in [3.05, 3.63) is 65.7 Å². The van der Waals surface area contributed by atoms with E-state index in [0.29, 0.717) is 13.0 Å². The Morgan fingerprint density at radius 1 is 1.08 bits per heavy atom. The van der Waals surface area contributed by atoms with Crippen molar-refractivity contribution in [2.24, 2.45) is 5.73 Å². The average Bonchev–Trinajstić information content (AvgIpc) is 2.67. The summed E-state index contributed by atoms with van der Waals surface area (Å²) >= 11 is 0. The van der Waals surface area contributed by atoms with Gasteiger partial charge in [0.15, 0.2) is 0 Å². The number of carbonyl (C=O) groups is 2. The van der Waals surface area contributed by atoms with Crippen molar-refractivity contribution in [2.45, 2.75) is 25.5 Å². The van der Waals surface area contributed by atoms with Crippen molar-refractivity contribution in [1.29, 1.82) is 0 Å². The molecule has 0 aromatic heterocycles. The van der Waals surface area contributed by atoms with Crippen molar-refractivity contribution in [2.75, 3.05) is 13.7 Å². The van der Waals surface area contributed by atoms with Gasteiger partial charge in [0.1, 0.15) is 12.4 Å². The van der Waals surface area contributed by atoms with Gasteiger partial charge in [-0.3, -0.25) is 9.59 Å². The van der Waals surface area contributed by atoms with Crippen LogP contribution in [0.1, 0.15) is 17.5 Å². The summed E-state index contributed by atoms with van der Waals surface area (Å²) in [5.41, 5.74) is 7.71. The third-order valence-electron chi connectivity index (χ3n) is 3.81. The molecule has 0 bridgehead atoms. The maximum atomic E-state index is 12.0. The molecule has 1 atom stereocenters. The minimum absolute atomic E-state index is 0.155. The van der Waals surface area contributed by atoms with Crippen LogP contribution in [-0.4, -0.2) is 31.6 Å². The van der Waals surface area contributed by atoms with Crippen molar-refractivity contribution in [1.82, 2.24) is 5.32 Å². The molecule has 0 aliphatic carbocycles. The van der Waals surface area contributed by atoms with Crippen LogP contribution in [0, 0.1) is 0 Å². The van der Waals surface area contributed by atoms with Crippen LogP contribution in [0.5, 0.6) is 5.75 Å². The van der Waals surface area contributed by atoms with Crippen LogP contribution in [0.4, 0.5) is 0 Å². The lowest BCUT2D eigenvalue weighted by molar-refractivity contribution is -0.146. The van der Waals surface area contributed by atoms with E-state index in [9.17, 15) is 9.59 Å². The summed E-state index contributed by atoms with van der Waals surface area (Å²) in [6.07, 6.45) is 0.492. The van der Waals surface area contributed by atoms with E-state index in [1.165, 1.54) is 0 Å². The molecule has 2 aromatic rings. The molecule has 26 heavy (non-hydrogen) atoms. The normalized spacial score (nSPS) is 11.5. The lowest BCUT2D eigenvalue weighted by Gasteiger charge is -2.12. The lowest BCUT2D eigenvalue weighted by atomic mass is 10.1. The summed E-state index contributed by atoms with van der Waals surface area (Å²) in [6.45, 7) is 0.600. The number of carbonyl (C=O) groups excluding carboxylic acids is 2. The van der Waals surface area contributed by atoms with Crippen molar-refractivity contribution < 1.29 is 19.1 Å². The molecule has 0 fully saturated rings. The van der Waals surface area contributed by atoms with Crippen LogP contribution in [-0.2, 0) is 27.4 Å². The molecular formula is C20H24N2O4. The number of amides is 1. The van der Waals surface area contributed by atoms with Gasteiger partial charge in [-0.15, -0.1) is 0 Å². The predicted octanol–water partition coefficient (Wildman–Crippen LogP) is 1.81. The zero-order valence-electron chi connectivity index (χ0n) is 14.8. The van der Waals surface area contributed by atoms with Gasteiger partial charge < -0.3 is 20.5 Å². The van der Waals surface area contributed by atoms with Crippen molar-refractivity contribution in [3.63, 3.8) is 0 Å². The van der Waals surface area contributed by atoms with Gasteiger partial charge in [-0.25, -0.2) is 0 Å². The molecule has 6 heteroatoms. The second-order valence-electron chi connectivity index (χ2n) is 5.85. The fourth-order valence-corrected chi connectivity index (χ4v) is 2.36. The largest absolute Gasteiger partial charge is 0.497 e. The van der Waals surface area contributed by atoms with E-state index in [4.69, 9.17) is 15.2 Å². The summed E-state index contributed by atoms with van der Waals surface area (Å²) in [5.74, 6) is -0.0967. The van der Waals surface area contributed by atoms with Crippen LogP contribution in [0.2, 0.25) is 0 Å². The van der Waals surface area contributed by atoms with E-state index < -0.39 is 12.0 Å². The van der Waals surface area contributed by atoms with Crippen LogP contribution >= 0.6 is 0 Å². The molecule has 138 valence electrons. The Kier molecular flexibility index (Phi) is 7.64. The van der Waals surface area contributed by atoms with Gasteiger partial charge in [-0.05, 0) is 29.7 Å². The van der Waals surface area contributed by atoms with Gasteiger partial charge in [0.05, 0.1) is 19.6 Å². The Balaban J connectivity index is 1.68. The highest BCUT2D eigenvalue weighted by molar-refractivity contribution is 5.86. The monoisotopic (exact) mass is 356 g/mol. The van der Waals surface area contributed by atoms with Crippen LogP contribution in [0.15, 0.2) is 54.6 Å². The van der Waals surface area contributed by atoms with E-state index in [0.717, 1.165) is 16.9 Å². The SMILES string of the molecule is COc1cccc(CCNC(=O)[C@@H](N)CC(=O)OCc2ccccc2)c1. The summed E-state index contributed by atoms with van der Waals surface area (Å²) < 4.78 is 10.3. The minimum atomic E-state index is -0.927. The van der Waals surface area contributed by atoms with Crippen LogP contribution in [0.3, 0.4) is 0 Å². The topological polar surface area (TPSA) is 90.6 Å². The number of benzene rings is 2. The molecule has 6 nitrogen and oxygen atoms in total. The molecule has 1 amide bonds. The lowest BCUT2D eigenvalue weighted by Crippen LogP contribution is -2.42. The first-order valence-corrected chi connectivity index (χ1v) is 8.44. The Labute approximate surface area is 153 Å². The Hall–Kier alpha value is -2.86. The first-order chi connectivity index (χ1) is 12.6. The van der Waals surface area contributed by atoms with E-state index in [2.05, 4.69) is 5.32 Å². The smallest absolute Gasteiger partial charge is 0.308 e. The highest BCUT2D eigenvalue weighted by atomic mass is 16.5. The van der Waals surface area contributed by atoms with Gasteiger partial charge in [0, 0.05) is 6.54 Å². The minimum Gasteiger partial charge on any atom is -0.497 e. The molecule has 0 spiro atoms. The molecule has 0 heterocycles. The van der Waals surface area contributed by atoms with E-state index in [1.54, 1.807) is 7.11 Å². The number of esters is 1.